The lowest BCUT2D eigenvalue weighted by molar-refractivity contribution is 0.0641. The predicted molar refractivity (Wildman–Crippen MR) is 136 cm³/mol. The number of hydrogen-bond donors (Lipinski definition) is 0. The van der Waals surface area contributed by atoms with Gasteiger partial charge in [-0.1, -0.05) is 72.2 Å². The Morgan fingerprint density at radius 2 is 1.14 bits per heavy atom. The third kappa shape index (κ3) is 6.07. The molecule has 0 N–H and O–H groups in total. The molecule has 2 atom stereocenters. The van der Waals surface area contributed by atoms with Crippen molar-refractivity contribution in [1.29, 1.82) is 0 Å². The van der Waals surface area contributed by atoms with E-state index in [1.54, 1.807) is 0 Å². The fraction of sp³-hybridized carbons (Fsp3) is 0.720. The molecule has 0 heterocycles. The third-order valence-corrected chi connectivity index (χ3v) is 12.6. The van der Waals surface area contributed by atoms with Gasteiger partial charge in [-0.25, -0.2) is 0 Å². The van der Waals surface area contributed by atoms with Crippen molar-refractivity contribution < 1.29 is 4.79 Å². The lowest BCUT2D eigenvalue weighted by Gasteiger charge is -2.37. The molecule has 1 aromatic carbocycles. The van der Waals surface area contributed by atoms with Gasteiger partial charge in [0.05, 0.1) is 16.1 Å². The quantitative estimate of drug-likeness (QED) is 0.389. The van der Waals surface area contributed by atoms with Crippen molar-refractivity contribution in [3.05, 3.63) is 34.4 Å². The summed E-state index contributed by atoms with van der Waals surface area (Å²) in [6.45, 7) is 30.1. The second kappa shape index (κ2) is 9.51. The maximum atomic E-state index is 14.1. The Balaban J connectivity index is 3.95. The Hall–Kier alpha value is -0.876. The average Bonchev–Trinajstić information content (AvgIpc) is 2.56. The van der Waals surface area contributed by atoms with E-state index in [0.29, 0.717) is 11.1 Å². The zero-order chi connectivity index (χ0) is 22.9. The normalized spacial score (nSPS) is 15.0. The first-order chi connectivity index (χ1) is 13.0. The number of nitrogens with zero attached hydrogens (tertiary/aromatic N) is 1. The molecular formula is C25H47NOSi2. The summed E-state index contributed by atoms with van der Waals surface area (Å²) in [5, 5.41) is 0. The monoisotopic (exact) mass is 433 g/mol. The van der Waals surface area contributed by atoms with Crippen LogP contribution < -0.4 is 0 Å². The SMILES string of the molecule is CCc1cc([C@@H](C)[Si](C)(C)C)c(C(=O)N(C(C)C)C(C)C)c([C@H](C)[Si](C)(C)C)c1. The van der Waals surface area contributed by atoms with Gasteiger partial charge in [0.2, 0.25) is 0 Å². The standard InChI is InChI=1S/C25H47NOSi2/c1-14-21-15-22(19(6)28(8,9)10)24(23(16-21)20(7)29(11,12)13)25(27)26(17(2)3)18(4)5/h15-20H,14H2,1-13H3/t19-,20+. The highest BCUT2D eigenvalue weighted by Gasteiger charge is 2.35. The second-order valence-electron chi connectivity index (χ2n) is 11.6. The van der Waals surface area contributed by atoms with E-state index in [9.17, 15) is 4.79 Å². The summed E-state index contributed by atoms with van der Waals surface area (Å²) < 4.78 is 0. The average molecular weight is 434 g/mol. The van der Waals surface area contributed by atoms with E-state index in [1.807, 2.05) is 0 Å². The van der Waals surface area contributed by atoms with Crippen LogP contribution in [-0.2, 0) is 6.42 Å². The van der Waals surface area contributed by atoms with Crippen LogP contribution in [-0.4, -0.2) is 39.0 Å². The number of rotatable bonds is 8. The number of carbonyl (C=O) groups is 1. The van der Waals surface area contributed by atoms with E-state index in [0.717, 1.165) is 12.0 Å². The summed E-state index contributed by atoms with van der Waals surface area (Å²) in [5.74, 6) is 0.234. The first kappa shape index (κ1) is 26.2. The molecule has 0 saturated heterocycles. The van der Waals surface area contributed by atoms with Crippen molar-refractivity contribution in [3.8, 4) is 0 Å². The lowest BCUT2D eigenvalue weighted by atomic mass is 9.91. The Labute approximate surface area is 183 Å². The van der Waals surface area contributed by atoms with Crippen molar-refractivity contribution in [2.24, 2.45) is 0 Å². The van der Waals surface area contributed by atoms with Crippen molar-refractivity contribution in [2.45, 2.75) is 117 Å². The molecule has 1 aromatic rings. The molecule has 1 amide bonds. The highest BCUT2D eigenvalue weighted by molar-refractivity contribution is 6.78. The van der Waals surface area contributed by atoms with E-state index in [-0.39, 0.29) is 18.0 Å². The van der Waals surface area contributed by atoms with Gasteiger partial charge in [0.15, 0.2) is 0 Å². The molecule has 0 aliphatic heterocycles. The smallest absolute Gasteiger partial charge is 0.254 e. The molecule has 0 unspecified atom stereocenters. The first-order valence-electron chi connectivity index (χ1n) is 11.5. The van der Waals surface area contributed by atoms with Crippen LogP contribution in [0.15, 0.2) is 12.1 Å². The maximum Gasteiger partial charge on any atom is 0.254 e. The van der Waals surface area contributed by atoms with Crippen LogP contribution in [0, 0.1) is 0 Å². The zero-order valence-corrected chi connectivity index (χ0v) is 23.5. The minimum Gasteiger partial charge on any atom is -0.334 e. The fourth-order valence-corrected chi connectivity index (χ4v) is 6.34. The van der Waals surface area contributed by atoms with Crippen molar-refractivity contribution in [3.63, 3.8) is 0 Å². The van der Waals surface area contributed by atoms with E-state index >= 15 is 0 Å². The van der Waals surface area contributed by atoms with Crippen molar-refractivity contribution in [1.82, 2.24) is 4.90 Å². The highest BCUT2D eigenvalue weighted by Crippen LogP contribution is 2.38. The number of hydrogen-bond acceptors (Lipinski definition) is 1. The van der Waals surface area contributed by atoms with Gasteiger partial charge in [0.25, 0.3) is 5.91 Å². The molecule has 1 rings (SSSR count). The number of benzene rings is 1. The van der Waals surface area contributed by atoms with Crippen LogP contribution in [0.2, 0.25) is 39.3 Å². The predicted octanol–water partition coefficient (Wildman–Crippen LogP) is 7.47. The molecule has 2 nitrogen and oxygen atoms in total. The summed E-state index contributed by atoms with van der Waals surface area (Å²) >= 11 is 0. The number of carbonyl (C=O) groups excluding carboxylic acids is 1. The summed E-state index contributed by atoms with van der Waals surface area (Å²) in [6.07, 6.45) is 1.02. The molecule has 0 radical (unpaired) electrons. The minimum atomic E-state index is -1.47. The van der Waals surface area contributed by atoms with Gasteiger partial charge in [-0.05, 0) is 61.9 Å². The van der Waals surface area contributed by atoms with E-state index in [2.05, 4.69) is 105 Å². The van der Waals surface area contributed by atoms with Gasteiger partial charge >= 0.3 is 0 Å². The van der Waals surface area contributed by atoms with Gasteiger partial charge in [0.1, 0.15) is 0 Å². The van der Waals surface area contributed by atoms with Crippen LogP contribution in [0.25, 0.3) is 0 Å². The Morgan fingerprint density at radius 3 is 1.38 bits per heavy atom. The number of aryl methyl sites for hydroxylation is 1. The van der Waals surface area contributed by atoms with Crippen molar-refractivity contribution >= 4 is 22.1 Å². The zero-order valence-electron chi connectivity index (χ0n) is 21.5. The van der Waals surface area contributed by atoms with Gasteiger partial charge < -0.3 is 4.90 Å². The first-order valence-corrected chi connectivity index (χ1v) is 18.7. The summed E-state index contributed by atoms with van der Waals surface area (Å²) in [5.41, 5.74) is 5.90. The molecule has 4 heteroatoms. The maximum absolute atomic E-state index is 14.1. The molecule has 0 saturated carbocycles. The van der Waals surface area contributed by atoms with Gasteiger partial charge in [-0.3, -0.25) is 4.79 Å². The molecule has 0 aliphatic rings. The van der Waals surface area contributed by atoms with E-state index < -0.39 is 16.1 Å². The summed E-state index contributed by atoms with van der Waals surface area (Å²) in [7, 11) is -2.93. The topological polar surface area (TPSA) is 20.3 Å². The van der Waals surface area contributed by atoms with Gasteiger partial charge in [0, 0.05) is 17.6 Å². The number of amides is 1. The van der Waals surface area contributed by atoms with E-state index in [1.165, 1.54) is 16.7 Å². The fourth-order valence-electron chi connectivity index (χ4n) is 4.01. The molecule has 166 valence electrons. The van der Waals surface area contributed by atoms with E-state index in [4.69, 9.17) is 0 Å². The molecule has 0 spiro atoms. The van der Waals surface area contributed by atoms with Crippen LogP contribution in [0.1, 0.15) is 86.6 Å². The second-order valence-corrected chi connectivity index (χ2v) is 22.8. The third-order valence-electron chi connectivity index (χ3n) is 6.76. The molecule has 0 aromatic heterocycles. The lowest BCUT2D eigenvalue weighted by Crippen LogP contribution is -2.44. The van der Waals surface area contributed by atoms with Gasteiger partial charge in [-0.15, -0.1) is 0 Å². The highest BCUT2D eigenvalue weighted by atomic mass is 28.3. The molecule has 0 aliphatic carbocycles. The molecular weight excluding hydrogens is 386 g/mol. The molecule has 0 fully saturated rings. The largest absolute Gasteiger partial charge is 0.334 e. The minimum absolute atomic E-state index is 0.193. The Morgan fingerprint density at radius 1 is 0.793 bits per heavy atom. The van der Waals surface area contributed by atoms with Crippen molar-refractivity contribution in [2.75, 3.05) is 0 Å². The van der Waals surface area contributed by atoms with Gasteiger partial charge in [-0.2, -0.15) is 0 Å². The Kier molecular flexibility index (Phi) is 8.58. The van der Waals surface area contributed by atoms with Crippen LogP contribution in [0.5, 0.6) is 0 Å². The molecule has 29 heavy (non-hydrogen) atoms. The van der Waals surface area contributed by atoms with Crippen LogP contribution in [0.4, 0.5) is 0 Å². The Bertz CT molecular complexity index is 662. The molecule has 0 bridgehead atoms. The summed E-state index contributed by atoms with van der Waals surface area (Å²) in [4.78, 5) is 16.2. The van der Waals surface area contributed by atoms with Crippen LogP contribution >= 0.6 is 0 Å². The summed E-state index contributed by atoms with van der Waals surface area (Å²) in [6, 6.07) is 5.10. The van der Waals surface area contributed by atoms with Crippen LogP contribution in [0.3, 0.4) is 0 Å².